The fourth-order valence-electron chi connectivity index (χ4n) is 2.19. The summed E-state index contributed by atoms with van der Waals surface area (Å²) in [4.78, 5) is 0. The Morgan fingerprint density at radius 3 is 2.17 bits per heavy atom. The summed E-state index contributed by atoms with van der Waals surface area (Å²) in [7, 11) is 0. The van der Waals surface area contributed by atoms with Crippen molar-refractivity contribution in [3.05, 3.63) is 27.7 Å². The van der Waals surface area contributed by atoms with Crippen LogP contribution in [0, 0.1) is 11.8 Å². The average Bonchev–Trinajstić information content (AvgIpc) is 2.23. The van der Waals surface area contributed by atoms with Crippen molar-refractivity contribution < 1.29 is 0 Å². The fraction of sp³-hybridized carbons (Fsp3) is 0.600. The van der Waals surface area contributed by atoms with Gasteiger partial charge in [0.1, 0.15) is 0 Å². The van der Waals surface area contributed by atoms with Gasteiger partial charge in [0.05, 0.1) is 15.2 Å². The molecular formula is C15H23BrClN. The van der Waals surface area contributed by atoms with Crippen LogP contribution in [0.4, 0.5) is 5.69 Å². The van der Waals surface area contributed by atoms with E-state index >= 15 is 0 Å². The highest BCUT2D eigenvalue weighted by Crippen LogP contribution is 2.31. The van der Waals surface area contributed by atoms with Crippen LogP contribution in [0.15, 0.2) is 22.7 Å². The van der Waals surface area contributed by atoms with Gasteiger partial charge in [-0.25, -0.2) is 0 Å². The van der Waals surface area contributed by atoms with Crippen molar-refractivity contribution in [1.82, 2.24) is 0 Å². The van der Waals surface area contributed by atoms with Gasteiger partial charge in [0.15, 0.2) is 0 Å². The first-order valence-electron chi connectivity index (χ1n) is 6.60. The molecule has 0 bridgehead atoms. The Kier molecular flexibility index (Phi) is 6.51. The molecule has 0 unspecified atom stereocenters. The summed E-state index contributed by atoms with van der Waals surface area (Å²) in [6, 6.07) is 6.46. The first-order chi connectivity index (χ1) is 8.40. The smallest absolute Gasteiger partial charge is 0.0593 e. The van der Waals surface area contributed by atoms with Crippen LogP contribution >= 0.6 is 27.5 Å². The van der Waals surface area contributed by atoms with E-state index in [0.29, 0.717) is 17.9 Å². The van der Waals surface area contributed by atoms with E-state index in [1.807, 2.05) is 12.1 Å². The Morgan fingerprint density at radius 1 is 1.11 bits per heavy atom. The van der Waals surface area contributed by atoms with Gasteiger partial charge in [-0.3, -0.25) is 0 Å². The third kappa shape index (κ3) is 5.19. The van der Waals surface area contributed by atoms with E-state index in [9.17, 15) is 0 Å². The minimum Gasteiger partial charge on any atom is -0.381 e. The van der Waals surface area contributed by atoms with Crippen LogP contribution in [0.25, 0.3) is 0 Å². The summed E-state index contributed by atoms with van der Waals surface area (Å²) in [5, 5.41) is 4.38. The maximum absolute atomic E-state index is 6.12. The number of anilines is 1. The molecule has 0 saturated heterocycles. The van der Waals surface area contributed by atoms with Crippen LogP contribution in [0.2, 0.25) is 5.02 Å². The van der Waals surface area contributed by atoms with E-state index < -0.39 is 0 Å². The van der Waals surface area contributed by atoms with Crippen molar-refractivity contribution in [2.75, 3.05) is 5.32 Å². The summed E-state index contributed by atoms with van der Waals surface area (Å²) >= 11 is 9.67. The van der Waals surface area contributed by atoms with Gasteiger partial charge in [-0.1, -0.05) is 45.4 Å². The van der Waals surface area contributed by atoms with Gasteiger partial charge in [0, 0.05) is 6.04 Å². The van der Waals surface area contributed by atoms with E-state index in [-0.39, 0.29) is 0 Å². The summed E-state index contributed by atoms with van der Waals surface area (Å²) < 4.78 is 0.962. The Hall–Kier alpha value is -0.210. The molecule has 0 atom stereocenters. The fourth-order valence-corrected chi connectivity index (χ4v) is 2.74. The number of nitrogens with one attached hydrogen (secondary N) is 1. The molecule has 0 aromatic heterocycles. The lowest BCUT2D eigenvalue weighted by Gasteiger charge is -2.24. The molecule has 0 fully saturated rings. The first kappa shape index (κ1) is 15.8. The second-order valence-corrected chi connectivity index (χ2v) is 6.90. The third-order valence-corrected chi connectivity index (χ3v) is 4.22. The van der Waals surface area contributed by atoms with Gasteiger partial charge in [0.2, 0.25) is 0 Å². The lowest BCUT2D eigenvalue weighted by molar-refractivity contribution is 0.442. The molecule has 1 aromatic rings. The minimum atomic E-state index is 0.500. The van der Waals surface area contributed by atoms with Gasteiger partial charge < -0.3 is 5.32 Å². The molecular weight excluding hydrogens is 310 g/mol. The maximum Gasteiger partial charge on any atom is 0.0593 e. The predicted octanol–water partition coefficient (Wildman–Crippen LogP) is 5.98. The Bertz CT molecular complexity index is 367. The van der Waals surface area contributed by atoms with Crippen LogP contribution in [0.1, 0.15) is 40.5 Å². The zero-order valence-electron chi connectivity index (χ0n) is 11.6. The van der Waals surface area contributed by atoms with Crippen LogP contribution < -0.4 is 5.32 Å². The first-order valence-corrected chi connectivity index (χ1v) is 7.77. The normalized spacial score (nSPS) is 11.6. The van der Waals surface area contributed by atoms with Crippen molar-refractivity contribution >= 4 is 33.2 Å². The van der Waals surface area contributed by atoms with E-state index in [0.717, 1.165) is 15.2 Å². The molecule has 0 aliphatic heterocycles. The molecule has 0 radical (unpaired) electrons. The molecule has 1 rings (SSSR count). The monoisotopic (exact) mass is 331 g/mol. The minimum absolute atomic E-state index is 0.500. The molecule has 3 heteroatoms. The molecule has 18 heavy (non-hydrogen) atoms. The SMILES string of the molecule is CC(C)CC(CC(C)C)Nc1cccc(Cl)c1Br. The summed E-state index contributed by atoms with van der Waals surface area (Å²) in [5.74, 6) is 1.39. The van der Waals surface area contributed by atoms with E-state index in [1.54, 1.807) is 0 Å². The zero-order valence-corrected chi connectivity index (χ0v) is 14.0. The standard InChI is InChI=1S/C15H23BrClN/c1-10(2)8-12(9-11(3)4)18-14-7-5-6-13(17)15(14)16/h5-7,10-12,18H,8-9H2,1-4H3. The average molecular weight is 333 g/mol. The van der Waals surface area contributed by atoms with Crippen molar-refractivity contribution in [1.29, 1.82) is 0 Å². The predicted molar refractivity (Wildman–Crippen MR) is 85.5 cm³/mol. The summed E-state index contributed by atoms with van der Waals surface area (Å²) in [5.41, 5.74) is 1.09. The molecule has 102 valence electrons. The Labute approximate surface area is 124 Å². The zero-order chi connectivity index (χ0) is 13.7. The molecule has 1 nitrogen and oxygen atoms in total. The van der Waals surface area contributed by atoms with Gasteiger partial charge in [-0.05, 0) is 52.7 Å². The quantitative estimate of drug-likeness (QED) is 0.676. The molecule has 1 aromatic carbocycles. The van der Waals surface area contributed by atoms with Gasteiger partial charge in [0.25, 0.3) is 0 Å². The lowest BCUT2D eigenvalue weighted by Crippen LogP contribution is -2.23. The highest BCUT2D eigenvalue weighted by molar-refractivity contribution is 9.10. The highest BCUT2D eigenvalue weighted by atomic mass is 79.9. The largest absolute Gasteiger partial charge is 0.381 e. The van der Waals surface area contributed by atoms with Crippen molar-refractivity contribution in [3.63, 3.8) is 0 Å². The molecule has 1 N–H and O–H groups in total. The highest BCUT2D eigenvalue weighted by Gasteiger charge is 2.14. The van der Waals surface area contributed by atoms with Crippen molar-refractivity contribution in [3.8, 4) is 0 Å². The van der Waals surface area contributed by atoms with Crippen LogP contribution in [-0.4, -0.2) is 6.04 Å². The van der Waals surface area contributed by atoms with E-state index in [4.69, 9.17) is 11.6 Å². The van der Waals surface area contributed by atoms with E-state index in [1.165, 1.54) is 12.8 Å². The topological polar surface area (TPSA) is 12.0 Å². The van der Waals surface area contributed by atoms with Gasteiger partial charge in [-0.2, -0.15) is 0 Å². The number of hydrogen-bond donors (Lipinski definition) is 1. The maximum atomic E-state index is 6.12. The van der Waals surface area contributed by atoms with Crippen molar-refractivity contribution in [2.45, 2.75) is 46.6 Å². The lowest BCUT2D eigenvalue weighted by atomic mass is 9.95. The second-order valence-electron chi connectivity index (χ2n) is 5.70. The molecule has 0 spiro atoms. The third-order valence-electron chi connectivity index (χ3n) is 2.82. The molecule has 0 aliphatic carbocycles. The number of hydrogen-bond acceptors (Lipinski definition) is 1. The Balaban J connectivity index is 2.78. The summed E-state index contributed by atoms with van der Waals surface area (Å²) in [6.45, 7) is 9.06. The van der Waals surface area contributed by atoms with Crippen LogP contribution in [0.3, 0.4) is 0 Å². The Morgan fingerprint density at radius 2 is 1.67 bits per heavy atom. The van der Waals surface area contributed by atoms with Crippen LogP contribution in [0.5, 0.6) is 0 Å². The molecule has 0 heterocycles. The number of benzene rings is 1. The number of halogens is 2. The number of rotatable bonds is 6. The summed E-state index contributed by atoms with van der Waals surface area (Å²) in [6.07, 6.45) is 2.36. The molecule has 0 aliphatic rings. The van der Waals surface area contributed by atoms with Crippen molar-refractivity contribution in [2.24, 2.45) is 11.8 Å². The van der Waals surface area contributed by atoms with Gasteiger partial charge in [-0.15, -0.1) is 0 Å². The second kappa shape index (κ2) is 7.40. The molecule has 0 saturated carbocycles. The van der Waals surface area contributed by atoms with Gasteiger partial charge >= 0.3 is 0 Å². The van der Waals surface area contributed by atoms with E-state index in [2.05, 4.69) is 55.0 Å². The van der Waals surface area contributed by atoms with Crippen LogP contribution in [-0.2, 0) is 0 Å². The molecule has 0 amide bonds.